The standard InChI is InChI=1S/C19H40N6O/c1-13-12-16(21-11-5-10-20)24-17(22-13)25-18(26)23-15-8-6-14(7-9-15)19(2,3)4/h13-17,21-22,24H,5-12,20H2,1-4H3,(H2,23,25,26). The maximum Gasteiger partial charge on any atom is 0.317 e. The first-order chi connectivity index (χ1) is 12.3. The average Bonchev–Trinajstić information content (AvgIpc) is 2.54. The maximum atomic E-state index is 12.4. The summed E-state index contributed by atoms with van der Waals surface area (Å²) in [7, 11) is 0. The van der Waals surface area contributed by atoms with Gasteiger partial charge in [0.25, 0.3) is 0 Å². The second kappa shape index (κ2) is 9.88. The van der Waals surface area contributed by atoms with Crippen molar-refractivity contribution in [1.82, 2.24) is 26.6 Å². The number of hydrogen-bond acceptors (Lipinski definition) is 5. The van der Waals surface area contributed by atoms with Crippen molar-refractivity contribution in [2.75, 3.05) is 13.1 Å². The molecular formula is C19H40N6O. The van der Waals surface area contributed by atoms with Crippen LogP contribution in [0.2, 0.25) is 0 Å². The van der Waals surface area contributed by atoms with Crippen molar-refractivity contribution in [2.45, 2.75) is 90.8 Å². The number of rotatable bonds is 6. The van der Waals surface area contributed by atoms with E-state index in [0.717, 1.165) is 38.1 Å². The van der Waals surface area contributed by atoms with Crippen molar-refractivity contribution in [3.8, 4) is 0 Å². The van der Waals surface area contributed by atoms with Gasteiger partial charge in [-0.3, -0.25) is 10.6 Å². The number of carbonyl (C=O) groups is 1. The topological polar surface area (TPSA) is 103 Å². The zero-order valence-electron chi connectivity index (χ0n) is 17.0. The van der Waals surface area contributed by atoms with Crippen LogP contribution in [0, 0.1) is 11.3 Å². The fraction of sp³-hybridized carbons (Fsp3) is 0.947. The summed E-state index contributed by atoms with van der Waals surface area (Å²) in [5, 5.41) is 16.4. The van der Waals surface area contributed by atoms with E-state index in [0.29, 0.717) is 18.0 Å². The van der Waals surface area contributed by atoms with Crippen LogP contribution in [-0.4, -0.2) is 43.7 Å². The Kier molecular flexibility index (Phi) is 8.13. The van der Waals surface area contributed by atoms with Crippen LogP contribution in [0.4, 0.5) is 4.79 Å². The highest BCUT2D eigenvalue weighted by Gasteiger charge is 2.31. The molecule has 0 aromatic carbocycles. The molecular weight excluding hydrogens is 328 g/mol. The van der Waals surface area contributed by atoms with Gasteiger partial charge in [-0.25, -0.2) is 4.79 Å². The van der Waals surface area contributed by atoms with Crippen molar-refractivity contribution in [3.05, 3.63) is 0 Å². The molecule has 2 rings (SSSR count). The lowest BCUT2D eigenvalue weighted by Crippen LogP contribution is -2.68. The first kappa shape index (κ1) is 21.4. The van der Waals surface area contributed by atoms with Gasteiger partial charge in [0.2, 0.25) is 0 Å². The summed E-state index contributed by atoms with van der Waals surface area (Å²) in [6.07, 6.45) is 6.42. The van der Waals surface area contributed by atoms with Gasteiger partial charge in [0.1, 0.15) is 6.29 Å². The normalized spacial score (nSPS) is 32.9. The Hall–Kier alpha value is -0.890. The molecule has 1 saturated carbocycles. The van der Waals surface area contributed by atoms with Crippen molar-refractivity contribution in [2.24, 2.45) is 17.1 Å². The van der Waals surface area contributed by atoms with Crippen LogP contribution >= 0.6 is 0 Å². The number of hydrogen-bond donors (Lipinski definition) is 6. The first-order valence-electron chi connectivity index (χ1n) is 10.3. The van der Waals surface area contributed by atoms with E-state index in [9.17, 15) is 4.79 Å². The summed E-state index contributed by atoms with van der Waals surface area (Å²) in [6, 6.07) is 0.524. The van der Waals surface area contributed by atoms with Gasteiger partial charge in [0, 0.05) is 12.1 Å². The highest BCUT2D eigenvalue weighted by atomic mass is 16.2. The van der Waals surface area contributed by atoms with Gasteiger partial charge < -0.3 is 21.7 Å². The fourth-order valence-corrected chi connectivity index (χ4v) is 4.09. The summed E-state index contributed by atoms with van der Waals surface area (Å²) in [6.45, 7) is 10.7. The average molecular weight is 369 g/mol. The van der Waals surface area contributed by atoms with E-state index in [-0.39, 0.29) is 24.5 Å². The maximum absolute atomic E-state index is 12.4. The van der Waals surface area contributed by atoms with E-state index in [4.69, 9.17) is 5.73 Å². The molecule has 1 saturated heterocycles. The summed E-state index contributed by atoms with van der Waals surface area (Å²) < 4.78 is 0. The minimum atomic E-state index is -0.222. The van der Waals surface area contributed by atoms with E-state index >= 15 is 0 Å². The SMILES string of the molecule is CC1CC(NCCCN)NC(NC(=O)NC2CCC(C(C)(C)C)CC2)N1. The van der Waals surface area contributed by atoms with Crippen molar-refractivity contribution in [3.63, 3.8) is 0 Å². The number of carbonyl (C=O) groups excluding carboxylic acids is 1. The van der Waals surface area contributed by atoms with E-state index < -0.39 is 0 Å². The van der Waals surface area contributed by atoms with Crippen LogP contribution in [0.5, 0.6) is 0 Å². The lowest BCUT2D eigenvalue weighted by Gasteiger charge is -2.38. The smallest absolute Gasteiger partial charge is 0.317 e. The van der Waals surface area contributed by atoms with Crippen LogP contribution in [-0.2, 0) is 0 Å². The largest absolute Gasteiger partial charge is 0.335 e. The van der Waals surface area contributed by atoms with E-state index in [1.54, 1.807) is 0 Å². The molecule has 7 N–H and O–H groups in total. The van der Waals surface area contributed by atoms with Gasteiger partial charge >= 0.3 is 6.03 Å². The first-order valence-corrected chi connectivity index (χ1v) is 10.3. The molecule has 7 nitrogen and oxygen atoms in total. The predicted molar refractivity (Wildman–Crippen MR) is 106 cm³/mol. The summed E-state index contributed by atoms with van der Waals surface area (Å²) in [5.74, 6) is 0.756. The van der Waals surface area contributed by atoms with E-state index in [1.165, 1.54) is 12.8 Å². The monoisotopic (exact) mass is 368 g/mol. The lowest BCUT2D eigenvalue weighted by atomic mass is 9.71. The Labute approximate surface area is 159 Å². The minimum absolute atomic E-state index is 0.0935. The molecule has 1 aliphatic carbocycles. The van der Waals surface area contributed by atoms with Gasteiger partial charge in [-0.05, 0) is 69.9 Å². The summed E-state index contributed by atoms with van der Waals surface area (Å²) in [4.78, 5) is 12.4. The molecule has 1 aliphatic heterocycles. The minimum Gasteiger partial charge on any atom is -0.335 e. The fourth-order valence-electron chi connectivity index (χ4n) is 4.09. The van der Waals surface area contributed by atoms with Gasteiger partial charge in [-0.2, -0.15) is 0 Å². The molecule has 1 heterocycles. The van der Waals surface area contributed by atoms with Gasteiger partial charge in [0.05, 0.1) is 6.17 Å². The quantitative estimate of drug-likeness (QED) is 0.398. The Morgan fingerprint density at radius 2 is 1.81 bits per heavy atom. The second-order valence-electron chi connectivity index (χ2n) is 9.08. The van der Waals surface area contributed by atoms with E-state index in [2.05, 4.69) is 54.3 Å². The molecule has 0 spiro atoms. The molecule has 26 heavy (non-hydrogen) atoms. The van der Waals surface area contributed by atoms with Crippen molar-refractivity contribution >= 4 is 6.03 Å². The second-order valence-corrected chi connectivity index (χ2v) is 9.08. The van der Waals surface area contributed by atoms with Crippen LogP contribution in [0.1, 0.15) is 66.2 Å². The Morgan fingerprint density at radius 1 is 1.12 bits per heavy atom. The van der Waals surface area contributed by atoms with Gasteiger partial charge in [-0.15, -0.1) is 0 Å². The number of nitrogens with one attached hydrogen (secondary N) is 5. The Balaban J connectivity index is 1.71. The molecule has 7 heteroatoms. The third-order valence-electron chi connectivity index (χ3n) is 5.74. The third-order valence-corrected chi connectivity index (χ3v) is 5.74. The number of urea groups is 1. The van der Waals surface area contributed by atoms with Crippen LogP contribution in [0.3, 0.4) is 0 Å². The van der Waals surface area contributed by atoms with Crippen LogP contribution in [0.25, 0.3) is 0 Å². The zero-order chi connectivity index (χ0) is 19.2. The molecule has 0 aromatic heterocycles. The summed E-state index contributed by atoms with van der Waals surface area (Å²) in [5.41, 5.74) is 5.91. The number of nitrogens with two attached hydrogens (primary N) is 1. The Morgan fingerprint density at radius 3 is 2.42 bits per heavy atom. The highest BCUT2D eigenvalue weighted by molar-refractivity contribution is 5.74. The van der Waals surface area contributed by atoms with Crippen molar-refractivity contribution in [1.29, 1.82) is 0 Å². The number of amides is 2. The van der Waals surface area contributed by atoms with Gasteiger partial charge in [-0.1, -0.05) is 20.8 Å². The highest BCUT2D eigenvalue weighted by Crippen LogP contribution is 2.37. The predicted octanol–water partition coefficient (Wildman–Crippen LogP) is 1.41. The molecule has 0 aromatic rings. The molecule has 3 atom stereocenters. The lowest BCUT2D eigenvalue weighted by molar-refractivity contribution is 0.156. The van der Waals surface area contributed by atoms with Gasteiger partial charge in [0.15, 0.2) is 0 Å². The van der Waals surface area contributed by atoms with Crippen LogP contribution in [0.15, 0.2) is 0 Å². The molecule has 2 amide bonds. The molecule has 3 unspecified atom stereocenters. The summed E-state index contributed by atoms with van der Waals surface area (Å²) >= 11 is 0. The molecule has 2 fully saturated rings. The molecule has 0 bridgehead atoms. The van der Waals surface area contributed by atoms with Crippen molar-refractivity contribution < 1.29 is 4.79 Å². The van der Waals surface area contributed by atoms with Crippen LogP contribution < -0.4 is 32.3 Å². The molecule has 0 radical (unpaired) electrons. The molecule has 2 aliphatic rings. The zero-order valence-corrected chi connectivity index (χ0v) is 17.0. The van der Waals surface area contributed by atoms with E-state index in [1.807, 2.05) is 0 Å². The Bertz CT molecular complexity index is 430. The third kappa shape index (κ3) is 7.02. The molecule has 152 valence electrons.